The number of hydrogen-bond acceptors (Lipinski definition) is 3. The van der Waals surface area contributed by atoms with E-state index in [4.69, 9.17) is 4.74 Å². The van der Waals surface area contributed by atoms with Gasteiger partial charge in [0.05, 0.1) is 11.8 Å². The number of aromatic nitrogens is 1. The van der Waals surface area contributed by atoms with E-state index in [1.807, 2.05) is 6.92 Å². The van der Waals surface area contributed by atoms with Crippen LogP contribution in [0.25, 0.3) is 0 Å². The number of para-hydroxylation sites is 1. The lowest BCUT2D eigenvalue weighted by atomic mass is 10.2. The van der Waals surface area contributed by atoms with Crippen LogP contribution >= 0.6 is 0 Å². The van der Waals surface area contributed by atoms with E-state index in [0.29, 0.717) is 12.0 Å². The maximum Gasteiger partial charge on any atom is 0.173 e. The number of ether oxygens (including phenoxy) is 1. The minimum absolute atomic E-state index is 0.0758. The Labute approximate surface area is 97.9 Å². The third-order valence-electron chi connectivity index (χ3n) is 2.23. The van der Waals surface area contributed by atoms with E-state index in [1.54, 1.807) is 12.1 Å². The van der Waals surface area contributed by atoms with Crippen LogP contribution in [0.2, 0.25) is 0 Å². The molecule has 1 aromatic carbocycles. The Morgan fingerprint density at radius 1 is 1.29 bits per heavy atom. The second-order valence-electron chi connectivity index (χ2n) is 3.51. The first-order valence-corrected chi connectivity index (χ1v) is 5.05. The SMILES string of the molecule is Cc1ccc(Oc2c(F)cccc2C=O)cn1. The van der Waals surface area contributed by atoms with E-state index in [9.17, 15) is 9.18 Å². The van der Waals surface area contributed by atoms with Crippen LogP contribution < -0.4 is 4.74 Å². The van der Waals surface area contributed by atoms with Gasteiger partial charge in [0.25, 0.3) is 0 Å². The summed E-state index contributed by atoms with van der Waals surface area (Å²) < 4.78 is 18.8. The lowest BCUT2D eigenvalue weighted by Gasteiger charge is -2.08. The fraction of sp³-hybridized carbons (Fsp3) is 0.0769. The summed E-state index contributed by atoms with van der Waals surface area (Å²) in [6.45, 7) is 1.84. The second kappa shape index (κ2) is 4.74. The molecule has 0 atom stereocenters. The zero-order chi connectivity index (χ0) is 12.3. The van der Waals surface area contributed by atoms with Crippen LogP contribution in [0.5, 0.6) is 11.5 Å². The highest BCUT2D eigenvalue weighted by atomic mass is 19.1. The molecule has 2 rings (SSSR count). The van der Waals surface area contributed by atoms with Crippen molar-refractivity contribution >= 4 is 6.29 Å². The predicted molar refractivity (Wildman–Crippen MR) is 60.8 cm³/mol. The summed E-state index contributed by atoms with van der Waals surface area (Å²) in [5.74, 6) is -0.257. The van der Waals surface area contributed by atoms with Gasteiger partial charge in [-0.3, -0.25) is 9.78 Å². The first-order valence-electron chi connectivity index (χ1n) is 5.05. The summed E-state index contributed by atoms with van der Waals surface area (Å²) in [6, 6.07) is 7.61. The molecule has 0 saturated heterocycles. The van der Waals surface area contributed by atoms with Crippen LogP contribution in [-0.2, 0) is 0 Å². The minimum atomic E-state index is -0.574. The number of carbonyl (C=O) groups excluding carboxylic acids is 1. The average Bonchev–Trinajstić information content (AvgIpc) is 2.34. The van der Waals surface area contributed by atoms with Gasteiger partial charge in [-0.2, -0.15) is 0 Å². The lowest BCUT2D eigenvalue weighted by molar-refractivity contribution is 0.112. The number of pyridine rings is 1. The maximum absolute atomic E-state index is 13.5. The molecule has 0 spiro atoms. The van der Waals surface area contributed by atoms with Gasteiger partial charge in [-0.1, -0.05) is 6.07 Å². The maximum atomic E-state index is 13.5. The van der Waals surface area contributed by atoms with Gasteiger partial charge < -0.3 is 4.74 Å². The summed E-state index contributed by atoms with van der Waals surface area (Å²) in [4.78, 5) is 14.8. The van der Waals surface area contributed by atoms with Crippen molar-refractivity contribution < 1.29 is 13.9 Å². The zero-order valence-corrected chi connectivity index (χ0v) is 9.18. The van der Waals surface area contributed by atoms with Gasteiger partial charge in [-0.25, -0.2) is 4.39 Å². The number of hydrogen-bond donors (Lipinski definition) is 0. The highest BCUT2D eigenvalue weighted by molar-refractivity contribution is 5.79. The number of carbonyl (C=O) groups is 1. The smallest absolute Gasteiger partial charge is 0.173 e. The number of aldehydes is 1. The lowest BCUT2D eigenvalue weighted by Crippen LogP contribution is -1.94. The molecule has 0 aliphatic carbocycles. The van der Waals surface area contributed by atoms with E-state index in [0.717, 1.165) is 5.69 Å². The molecule has 86 valence electrons. The fourth-order valence-electron chi connectivity index (χ4n) is 1.36. The summed E-state index contributed by atoms with van der Waals surface area (Å²) in [6.07, 6.45) is 2.04. The van der Waals surface area contributed by atoms with E-state index < -0.39 is 5.82 Å². The Kier molecular flexibility index (Phi) is 3.14. The van der Waals surface area contributed by atoms with Gasteiger partial charge in [0, 0.05) is 5.69 Å². The molecule has 0 bridgehead atoms. The number of halogens is 1. The summed E-state index contributed by atoms with van der Waals surface area (Å²) >= 11 is 0. The zero-order valence-electron chi connectivity index (χ0n) is 9.18. The Bertz CT molecular complexity index is 538. The quantitative estimate of drug-likeness (QED) is 0.762. The number of benzene rings is 1. The van der Waals surface area contributed by atoms with Crippen molar-refractivity contribution in [3.8, 4) is 11.5 Å². The molecule has 1 heterocycles. The molecular weight excluding hydrogens is 221 g/mol. The van der Waals surface area contributed by atoms with Crippen LogP contribution in [0.1, 0.15) is 16.1 Å². The first kappa shape index (κ1) is 11.3. The summed E-state index contributed by atoms with van der Waals surface area (Å²) in [5.41, 5.74) is 1.01. The third kappa shape index (κ3) is 2.47. The van der Waals surface area contributed by atoms with Gasteiger partial charge in [-0.15, -0.1) is 0 Å². The predicted octanol–water partition coefficient (Wildman–Crippen LogP) is 3.13. The van der Waals surface area contributed by atoms with E-state index >= 15 is 0 Å². The van der Waals surface area contributed by atoms with Crippen LogP contribution in [0, 0.1) is 12.7 Å². The molecular formula is C13H10FNO2. The highest BCUT2D eigenvalue weighted by Gasteiger charge is 2.10. The second-order valence-corrected chi connectivity index (χ2v) is 3.51. The highest BCUT2D eigenvalue weighted by Crippen LogP contribution is 2.26. The Morgan fingerprint density at radius 3 is 2.76 bits per heavy atom. The Balaban J connectivity index is 2.35. The standard InChI is InChI=1S/C13H10FNO2/c1-9-5-6-11(7-15-9)17-13-10(8-16)3-2-4-12(13)14/h2-8H,1H3. The van der Waals surface area contributed by atoms with Gasteiger partial charge in [0.1, 0.15) is 5.75 Å². The monoisotopic (exact) mass is 231 g/mol. The van der Waals surface area contributed by atoms with Gasteiger partial charge in [0.2, 0.25) is 0 Å². The molecule has 2 aromatic rings. The van der Waals surface area contributed by atoms with Gasteiger partial charge >= 0.3 is 0 Å². The molecule has 17 heavy (non-hydrogen) atoms. The molecule has 0 aliphatic rings. The first-order chi connectivity index (χ1) is 8.20. The summed E-state index contributed by atoms with van der Waals surface area (Å²) in [7, 11) is 0. The molecule has 0 saturated carbocycles. The number of aryl methyl sites for hydroxylation is 1. The van der Waals surface area contributed by atoms with Crippen molar-refractivity contribution in [3.05, 3.63) is 53.6 Å². The van der Waals surface area contributed by atoms with Crippen LogP contribution in [0.4, 0.5) is 4.39 Å². The Hall–Kier alpha value is -2.23. The molecule has 1 aromatic heterocycles. The topological polar surface area (TPSA) is 39.2 Å². The van der Waals surface area contributed by atoms with Crippen LogP contribution in [0.3, 0.4) is 0 Å². The van der Waals surface area contributed by atoms with Crippen molar-refractivity contribution in [1.82, 2.24) is 4.98 Å². The van der Waals surface area contributed by atoms with E-state index in [-0.39, 0.29) is 11.3 Å². The van der Waals surface area contributed by atoms with Gasteiger partial charge in [0.15, 0.2) is 17.9 Å². The van der Waals surface area contributed by atoms with E-state index in [1.165, 1.54) is 24.4 Å². The largest absolute Gasteiger partial charge is 0.452 e. The van der Waals surface area contributed by atoms with Crippen LogP contribution in [0.15, 0.2) is 36.5 Å². The fourth-order valence-corrected chi connectivity index (χ4v) is 1.36. The number of nitrogens with zero attached hydrogens (tertiary/aromatic N) is 1. The molecule has 4 heteroatoms. The van der Waals surface area contributed by atoms with Crippen LogP contribution in [-0.4, -0.2) is 11.3 Å². The van der Waals surface area contributed by atoms with Crippen molar-refractivity contribution in [2.24, 2.45) is 0 Å². The average molecular weight is 231 g/mol. The molecule has 3 nitrogen and oxygen atoms in total. The Morgan fingerprint density at radius 2 is 2.12 bits per heavy atom. The van der Waals surface area contributed by atoms with Crippen molar-refractivity contribution in [3.63, 3.8) is 0 Å². The van der Waals surface area contributed by atoms with Crippen molar-refractivity contribution in [2.75, 3.05) is 0 Å². The third-order valence-corrected chi connectivity index (χ3v) is 2.23. The molecule has 0 radical (unpaired) electrons. The molecule has 0 N–H and O–H groups in total. The molecule has 0 amide bonds. The molecule has 0 unspecified atom stereocenters. The van der Waals surface area contributed by atoms with Crippen molar-refractivity contribution in [2.45, 2.75) is 6.92 Å². The summed E-state index contributed by atoms with van der Waals surface area (Å²) in [5, 5.41) is 0. The van der Waals surface area contributed by atoms with E-state index in [2.05, 4.69) is 4.98 Å². The van der Waals surface area contributed by atoms with Gasteiger partial charge in [-0.05, 0) is 31.2 Å². The minimum Gasteiger partial charge on any atom is -0.452 e. The molecule has 0 aliphatic heterocycles. The van der Waals surface area contributed by atoms with Crippen molar-refractivity contribution in [1.29, 1.82) is 0 Å². The normalized spacial score (nSPS) is 10.0. The molecule has 0 fully saturated rings. The number of rotatable bonds is 3.